The highest BCUT2D eigenvalue weighted by molar-refractivity contribution is 9.09. The summed E-state index contributed by atoms with van der Waals surface area (Å²) in [4.78, 5) is 44.6. The first-order chi connectivity index (χ1) is 10.9. The summed E-state index contributed by atoms with van der Waals surface area (Å²) >= 11 is 2.95. The van der Waals surface area contributed by atoms with E-state index in [1.54, 1.807) is 0 Å². The summed E-state index contributed by atoms with van der Waals surface area (Å²) in [7, 11) is 0. The molecule has 0 fully saturated rings. The fourth-order valence-electron chi connectivity index (χ4n) is 1.36. The zero-order valence-corrected chi connectivity index (χ0v) is 14.1. The van der Waals surface area contributed by atoms with E-state index in [0.29, 0.717) is 0 Å². The van der Waals surface area contributed by atoms with Crippen molar-refractivity contribution in [1.82, 2.24) is 21.3 Å². The minimum Gasteiger partial charge on any atom is -0.387 e. The zero-order chi connectivity index (χ0) is 17.7. The topological polar surface area (TPSA) is 163 Å². The number of alkyl halides is 1. The lowest BCUT2D eigenvalue weighted by Gasteiger charge is -2.13. The van der Waals surface area contributed by atoms with Crippen molar-refractivity contribution in [2.24, 2.45) is 5.73 Å². The number of amides is 4. The van der Waals surface area contributed by atoms with Gasteiger partial charge in [0, 0.05) is 19.6 Å². The van der Waals surface area contributed by atoms with Crippen molar-refractivity contribution in [2.75, 3.05) is 38.1 Å². The Kier molecular flexibility index (Phi) is 11.8. The summed E-state index contributed by atoms with van der Waals surface area (Å²) in [6.45, 7) is -0.186. The number of carbonyl (C=O) groups excluding carboxylic acids is 4. The van der Waals surface area contributed by atoms with Crippen LogP contribution >= 0.6 is 15.9 Å². The number of aliphatic hydroxyl groups is 1. The SMILES string of the molecule is N[C@@H](CCNC(=O)CO)C(=O)NCCNC(=O)CNC(=O)CBr. The van der Waals surface area contributed by atoms with Gasteiger partial charge in [-0.3, -0.25) is 19.2 Å². The van der Waals surface area contributed by atoms with Crippen LogP contribution in [-0.4, -0.2) is 72.9 Å². The first-order valence-corrected chi connectivity index (χ1v) is 8.03. The number of carbonyl (C=O) groups is 4. The predicted octanol–water partition coefficient (Wildman–Crippen LogP) is -3.44. The fourth-order valence-corrected chi connectivity index (χ4v) is 1.56. The Morgan fingerprint density at radius 1 is 0.913 bits per heavy atom. The van der Waals surface area contributed by atoms with Crippen LogP contribution in [0.3, 0.4) is 0 Å². The van der Waals surface area contributed by atoms with Crippen LogP contribution in [0.25, 0.3) is 0 Å². The van der Waals surface area contributed by atoms with Gasteiger partial charge in [-0.2, -0.15) is 0 Å². The lowest BCUT2D eigenvalue weighted by Crippen LogP contribution is -2.46. The third-order valence-corrected chi connectivity index (χ3v) is 3.08. The van der Waals surface area contributed by atoms with Gasteiger partial charge in [-0.25, -0.2) is 0 Å². The molecule has 0 rings (SSSR count). The molecule has 0 saturated heterocycles. The lowest BCUT2D eigenvalue weighted by atomic mass is 10.2. The molecule has 0 unspecified atom stereocenters. The van der Waals surface area contributed by atoms with Crippen LogP contribution in [-0.2, 0) is 19.2 Å². The van der Waals surface area contributed by atoms with Crippen LogP contribution in [0, 0.1) is 0 Å². The predicted molar refractivity (Wildman–Crippen MR) is 85.5 cm³/mol. The first-order valence-electron chi connectivity index (χ1n) is 6.91. The monoisotopic (exact) mass is 395 g/mol. The van der Waals surface area contributed by atoms with Gasteiger partial charge in [0.25, 0.3) is 0 Å². The molecule has 11 heteroatoms. The fraction of sp³-hybridized carbons (Fsp3) is 0.667. The highest BCUT2D eigenvalue weighted by atomic mass is 79.9. The highest BCUT2D eigenvalue weighted by Crippen LogP contribution is 1.86. The van der Waals surface area contributed by atoms with Crippen molar-refractivity contribution < 1.29 is 24.3 Å². The number of rotatable bonds is 11. The summed E-state index contributed by atoms with van der Waals surface area (Å²) < 4.78 is 0. The molecule has 0 aliphatic heterocycles. The van der Waals surface area contributed by atoms with Crippen molar-refractivity contribution >= 4 is 39.6 Å². The Hall–Kier alpha value is -1.72. The Morgan fingerprint density at radius 2 is 1.52 bits per heavy atom. The molecule has 132 valence electrons. The van der Waals surface area contributed by atoms with E-state index < -0.39 is 24.5 Å². The molecule has 10 nitrogen and oxygen atoms in total. The third-order valence-electron chi connectivity index (χ3n) is 2.57. The molecular formula is C12H22BrN5O5. The van der Waals surface area contributed by atoms with Crippen LogP contribution in [0.1, 0.15) is 6.42 Å². The largest absolute Gasteiger partial charge is 0.387 e. The van der Waals surface area contributed by atoms with Crippen molar-refractivity contribution in [1.29, 1.82) is 0 Å². The summed E-state index contributed by atoms with van der Waals surface area (Å²) in [5.41, 5.74) is 5.62. The van der Waals surface area contributed by atoms with E-state index in [9.17, 15) is 19.2 Å². The standard InChI is InChI=1S/C12H22BrN5O5/c13-5-9(20)18-6-10(21)16-3-4-17-12(23)8(14)1-2-15-11(22)7-19/h8,19H,1-7,14H2,(H,15,22)(H,16,21)(H,17,23)(H,18,20)/t8-/m0/s1. The van der Waals surface area contributed by atoms with Crippen LogP contribution in [0.2, 0.25) is 0 Å². The normalized spacial score (nSPS) is 11.3. The molecule has 0 aliphatic carbocycles. The Bertz CT molecular complexity index is 421. The van der Waals surface area contributed by atoms with Gasteiger partial charge < -0.3 is 32.1 Å². The van der Waals surface area contributed by atoms with Crippen molar-refractivity contribution in [3.8, 4) is 0 Å². The average molecular weight is 396 g/mol. The summed E-state index contributed by atoms with van der Waals surface area (Å²) in [6, 6.07) is -0.803. The molecule has 0 heterocycles. The van der Waals surface area contributed by atoms with Gasteiger partial charge in [0.15, 0.2) is 0 Å². The molecule has 7 N–H and O–H groups in total. The number of hydrogen-bond donors (Lipinski definition) is 6. The van der Waals surface area contributed by atoms with E-state index in [4.69, 9.17) is 10.8 Å². The molecular weight excluding hydrogens is 374 g/mol. The molecule has 1 atom stereocenters. The quantitative estimate of drug-likeness (QED) is 0.157. The van der Waals surface area contributed by atoms with E-state index in [0.717, 1.165) is 0 Å². The van der Waals surface area contributed by atoms with E-state index >= 15 is 0 Å². The third kappa shape index (κ3) is 11.5. The number of nitrogens with two attached hydrogens (primary N) is 1. The molecule has 4 amide bonds. The summed E-state index contributed by atoms with van der Waals surface area (Å²) in [5, 5.41) is 18.4. The first kappa shape index (κ1) is 21.3. The van der Waals surface area contributed by atoms with Crippen molar-refractivity contribution in [3.63, 3.8) is 0 Å². The lowest BCUT2D eigenvalue weighted by molar-refractivity contribution is -0.125. The second-order valence-electron chi connectivity index (χ2n) is 4.45. The average Bonchev–Trinajstić information content (AvgIpc) is 2.55. The van der Waals surface area contributed by atoms with E-state index in [-0.39, 0.29) is 49.7 Å². The Morgan fingerprint density at radius 3 is 2.13 bits per heavy atom. The molecule has 0 aromatic rings. The van der Waals surface area contributed by atoms with E-state index in [1.807, 2.05) is 0 Å². The molecule has 0 aromatic carbocycles. The maximum Gasteiger partial charge on any atom is 0.245 e. The van der Waals surface area contributed by atoms with E-state index in [1.165, 1.54) is 0 Å². The van der Waals surface area contributed by atoms with Crippen LogP contribution < -0.4 is 27.0 Å². The summed E-state index contributed by atoms with van der Waals surface area (Å²) in [5.74, 6) is -1.62. The summed E-state index contributed by atoms with van der Waals surface area (Å²) in [6.07, 6.45) is 0.225. The molecule has 0 bridgehead atoms. The Balaban J connectivity index is 3.70. The van der Waals surface area contributed by atoms with E-state index in [2.05, 4.69) is 37.2 Å². The van der Waals surface area contributed by atoms with Crippen molar-refractivity contribution in [2.45, 2.75) is 12.5 Å². The number of halogens is 1. The van der Waals surface area contributed by atoms with Gasteiger partial charge in [0.2, 0.25) is 23.6 Å². The number of nitrogens with one attached hydrogen (secondary N) is 4. The van der Waals surface area contributed by atoms with Gasteiger partial charge in [-0.15, -0.1) is 0 Å². The molecule has 0 aliphatic rings. The van der Waals surface area contributed by atoms with Gasteiger partial charge >= 0.3 is 0 Å². The minimum absolute atomic E-state index is 0.118. The van der Waals surface area contributed by atoms with Crippen LogP contribution in [0.4, 0.5) is 0 Å². The van der Waals surface area contributed by atoms with Gasteiger partial charge in [-0.1, -0.05) is 15.9 Å². The molecule has 0 aromatic heterocycles. The van der Waals surface area contributed by atoms with Crippen LogP contribution in [0.15, 0.2) is 0 Å². The smallest absolute Gasteiger partial charge is 0.245 e. The molecule has 0 radical (unpaired) electrons. The van der Waals surface area contributed by atoms with Crippen molar-refractivity contribution in [3.05, 3.63) is 0 Å². The van der Waals surface area contributed by atoms with Gasteiger partial charge in [-0.05, 0) is 6.42 Å². The second kappa shape index (κ2) is 12.8. The highest BCUT2D eigenvalue weighted by Gasteiger charge is 2.13. The maximum absolute atomic E-state index is 11.6. The number of hydrogen-bond acceptors (Lipinski definition) is 6. The molecule has 0 spiro atoms. The van der Waals surface area contributed by atoms with Gasteiger partial charge in [0.1, 0.15) is 6.61 Å². The second-order valence-corrected chi connectivity index (χ2v) is 5.02. The zero-order valence-electron chi connectivity index (χ0n) is 12.6. The number of aliphatic hydroxyl groups excluding tert-OH is 1. The molecule has 23 heavy (non-hydrogen) atoms. The maximum atomic E-state index is 11.6. The minimum atomic E-state index is -0.803. The van der Waals surface area contributed by atoms with Crippen LogP contribution in [0.5, 0.6) is 0 Å². The van der Waals surface area contributed by atoms with Gasteiger partial charge in [0.05, 0.1) is 17.9 Å². The molecule has 0 saturated carbocycles. The Labute approximate surface area is 142 Å².